The van der Waals surface area contributed by atoms with Crippen LogP contribution in [-0.4, -0.2) is 25.8 Å². The van der Waals surface area contributed by atoms with Crippen LogP contribution in [0, 0.1) is 17.8 Å². The van der Waals surface area contributed by atoms with Gasteiger partial charge in [0.2, 0.25) is 0 Å². The number of ether oxygens (including phenoxy) is 1. The Morgan fingerprint density at radius 2 is 1.94 bits per heavy atom. The molecule has 1 fully saturated rings. The first-order valence-electron chi connectivity index (χ1n) is 7.40. The van der Waals surface area contributed by atoms with Crippen LogP contribution in [0.1, 0.15) is 53.4 Å². The molecule has 0 aromatic heterocycles. The van der Waals surface area contributed by atoms with E-state index in [1.807, 2.05) is 0 Å². The third-order valence-corrected chi connectivity index (χ3v) is 3.95. The summed E-state index contributed by atoms with van der Waals surface area (Å²) in [7, 11) is 0. The van der Waals surface area contributed by atoms with E-state index < -0.39 is 0 Å². The second-order valence-corrected chi connectivity index (χ2v) is 6.25. The van der Waals surface area contributed by atoms with Crippen LogP contribution in [0.5, 0.6) is 0 Å². The fraction of sp³-hybridized carbons (Fsp3) is 1.00. The van der Waals surface area contributed by atoms with Gasteiger partial charge >= 0.3 is 0 Å². The third kappa shape index (κ3) is 6.42. The predicted octanol–water partition coefficient (Wildman–Crippen LogP) is 3.46. The van der Waals surface area contributed by atoms with E-state index in [0.29, 0.717) is 6.04 Å². The zero-order chi connectivity index (χ0) is 12.7. The molecular formula is C15H31NO. The van der Waals surface area contributed by atoms with Gasteiger partial charge in [0, 0.05) is 19.2 Å². The van der Waals surface area contributed by atoms with Gasteiger partial charge in [0.15, 0.2) is 0 Å². The maximum atomic E-state index is 5.64. The van der Waals surface area contributed by atoms with Crippen LogP contribution in [0.4, 0.5) is 0 Å². The molecule has 0 saturated heterocycles. The van der Waals surface area contributed by atoms with Gasteiger partial charge in [-0.3, -0.25) is 0 Å². The Morgan fingerprint density at radius 1 is 1.18 bits per heavy atom. The van der Waals surface area contributed by atoms with Gasteiger partial charge in [0.1, 0.15) is 0 Å². The highest BCUT2D eigenvalue weighted by Crippen LogP contribution is 2.28. The van der Waals surface area contributed by atoms with Gasteiger partial charge in [-0.25, -0.2) is 0 Å². The first kappa shape index (κ1) is 15.0. The monoisotopic (exact) mass is 241 g/mol. The zero-order valence-corrected chi connectivity index (χ0v) is 12.2. The fourth-order valence-corrected chi connectivity index (χ4v) is 2.55. The van der Waals surface area contributed by atoms with Gasteiger partial charge in [0.25, 0.3) is 0 Å². The van der Waals surface area contributed by atoms with E-state index in [1.54, 1.807) is 0 Å². The van der Waals surface area contributed by atoms with Gasteiger partial charge in [-0.05, 0) is 37.0 Å². The average molecular weight is 241 g/mol. The van der Waals surface area contributed by atoms with Crippen LogP contribution < -0.4 is 5.32 Å². The highest BCUT2D eigenvalue weighted by atomic mass is 16.5. The zero-order valence-electron chi connectivity index (χ0n) is 12.2. The Labute approximate surface area is 108 Å². The van der Waals surface area contributed by atoms with Crippen molar-refractivity contribution in [2.24, 2.45) is 17.8 Å². The third-order valence-electron chi connectivity index (χ3n) is 3.95. The van der Waals surface area contributed by atoms with Crippen LogP contribution in [0.15, 0.2) is 0 Å². The Balaban J connectivity index is 2.01. The van der Waals surface area contributed by atoms with Crippen molar-refractivity contribution in [1.82, 2.24) is 5.32 Å². The molecule has 1 saturated carbocycles. The maximum Gasteiger partial charge on any atom is 0.0591 e. The summed E-state index contributed by atoms with van der Waals surface area (Å²) in [6.45, 7) is 12.0. The molecule has 0 bridgehead atoms. The largest absolute Gasteiger partial charge is 0.380 e. The van der Waals surface area contributed by atoms with Crippen LogP contribution in [0.25, 0.3) is 0 Å². The topological polar surface area (TPSA) is 21.3 Å². The van der Waals surface area contributed by atoms with E-state index in [4.69, 9.17) is 4.74 Å². The Hall–Kier alpha value is -0.0800. The minimum absolute atomic E-state index is 0.715. The molecule has 17 heavy (non-hydrogen) atoms. The van der Waals surface area contributed by atoms with E-state index >= 15 is 0 Å². The molecule has 0 aromatic carbocycles. The van der Waals surface area contributed by atoms with E-state index in [-0.39, 0.29) is 0 Å². The minimum atomic E-state index is 0.715. The predicted molar refractivity (Wildman–Crippen MR) is 74.2 cm³/mol. The summed E-state index contributed by atoms with van der Waals surface area (Å²) in [5.41, 5.74) is 0. The van der Waals surface area contributed by atoms with E-state index in [2.05, 4.69) is 33.0 Å². The molecule has 0 amide bonds. The Kier molecular flexibility index (Phi) is 7.14. The van der Waals surface area contributed by atoms with E-state index in [9.17, 15) is 0 Å². The molecule has 0 aromatic rings. The van der Waals surface area contributed by atoms with Crippen LogP contribution in [0.2, 0.25) is 0 Å². The molecule has 0 spiro atoms. The maximum absolute atomic E-state index is 5.64. The van der Waals surface area contributed by atoms with Crippen LogP contribution >= 0.6 is 0 Å². The van der Waals surface area contributed by atoms with Crippen molar-refractivity contribution in [2.75, 3.05) is 19.8 Å². The summed E-state index contributed by atoms with van der Waals surface area (Å²) < 4.78 is 5.64. The molecular weight excluding hydrogens is 210 g/mol. The highest BCUT2D eigenvalue weighted by Gasteiger charge is 2.24. The van der Waals surface area contributed by atoms with Gasteiger partial charge in [-0.1, -0.05) is 34.1 Å². The standard InChI is InChI=1S/C15H31NO/c1-12(2)7-9-17-10-8-16-15-11-13(3)5-6-14(15)4/h12-16H,5-11H2,1-4H3. The Morgan fingerprint density at radius 3 is 2.65 bits per heavy atom. The van der Waals surface area contributed by atoms with Crippen molar-refractivity contribution in [3.63, 3.8) is 0 Å². The van der Waals surface area contributed by atoms with Gasteiger partial charge in [0.05, 0.1) is 6.61 Å². The van der Waals surface area contributed by atoms with Gasteiger partial charge < -0.3 is 10.1 Å². The molecule has 0 radical (unpaired) electrons. The lowest BCUT2D eigenvalue weighted by Gasteiger charge is -2.33. The smallest absolute Gasteiger partial charge is 0.0591 e. The molecule has 1 aliphatic carbocycles. The Bertz CT molecular complexity index is 193. The molecule has 0 aliphatic heterocycles. The first-order chi connectivity index (χ1) is 8.09. The average Bonchev–Trinajstić information content (AvgIpc) is 2.27. The number of nitrogens with one attached hydrogen (secondary N) is 1. The summed E-state index contributed by atoms with van der Waals surface area (Å²) in [6, 6.07) is 0.715. The van der Waals surface area contributed by atoms with Crippen molar-refractivity contribution < 1.29 is 4.74 Å². The summed E-state index contributed by atoms with van der Waals surface area (Å²) >= 11 is 0. The summed E-state index contributed by atoms with van der Waals surface area (Å²) in [5.74, 6) is 2.48. The number of rotatable bonds is 7. The van der Waals surface area contributed by atoms with E-state index in [0.717, 1.165) is 37.5 Å². The lowest BCUT2D eigenvalue weighted by atomic mass is 9.80. The van der Waals surface area contributed by atoms with Crippen molar-refractivity contribution in [3.05, 3.63) is 0 Å². The lowest BCUT2D eigenvalue weighted by Crippen LogP contribution is -2.41. The molecule has 2 heteroatoms. The quantitative estimate of drug-likeness (QED) is 0.689. The van der Waals surface area contributed by atoms with Crippen molar-refractivity contribution in [1.29, 1.82) is 0 Å². The first-order valence-corrected chi connectivity index (χ1v) is 7.40. The summed E-state index contributed by atoms with van der Waals surface area (Å²) in [6.07, 6.45) is 5.31. The van der Waals surface area contributed by atoms with Crippen molar-refractivity contribution in [3.8, 4) is 0 Å². The van der Waals surface area contributed by atoms with Gasteiger partial charge in [-0.15, -0.1) is 0 Å². The second-order valence-electron chi connectivity index (χ2n) is 6.25. The van der Waals surface area contributed by atoms with Crippen LogP contribution in [0.3, 0.4) is 0 Å². The van der Waals surface area contributed by atoms with Gasteiger partial charge in [-0.2, -0.15) is 0 Å². The molecule has 102 valence electrons. The summed E-state index contributed by atoms with van der Waals surface area (Å²) in [4.78, 5) is 0. The molecule has 2 nitrogen and oxygen atoms in total. The van der Waals surface area contributed by atoms with Crippen molar-refractivity contribution in [2.45, 2.75) is 59.4 Å². The molecule has 0 heterocycles. The second kappa shape index (κ2) is 8.10. The fourth-order valence-electron chi connectivity index (χ4n) is 2.55. The van der Waals surface area contributed by atoms with Crippen molar-refractivity contribution >= 4 is 0 Å². The number of hydrogen-bond acceptors (Lipinski definition) is 2. The molecule has 3 unspecified atom stereocenters. The minimum Gasteiger partial charge on any atom is -0.380 e. The number of hydrogen-bond donors (Lipinski definition) is 1. The normalized spacial score (nSPS) is 29.8. The molecule has 1 N–H and O–H groups in total. The lowest BCUT2D eigenvalue weighted by molar-refractivity contribution is 0.117. The molecule has 1 aliphatic rings. The highest BCUT2D eigenvalue weighted by molar-refractivity contribution is 4.81. The molecule has 3 atom stereocenters. The SMILES string of the molecule is CC(C)CCOCCNC1CC(C)CCC1C. The van der Waals surface area contributed by atoms with E-state index in [1.165, 1.54) is 25.7 Å². The summed E-state index contributed by atoms with van der Waals surface area (Å²) in [5, 5.41) is 3.66. The molecule has 1 rings (SSSR count). The van der Waals surface area contributed by atoms with Crippen LogP contribution in [-0.2, 0) is 4.74 Å².